The zero-order valence-electron chi connectivity index (χ0n) is 9.54. The van der Waals surface area contributed by atoms with Gasteiger partial charge in [-0.15, -0.1) is 0 Å². The fourth-order valence-electron chi connectivity index (χ4n) is 1.50. The highest BCUT2D eigenvalue weighted by Crippen LogP contribution is 2.21. The summed E-state index contributed by atoms with van der Waals surface area (Å²) >= 11 is 0. The van der Waals surface area contributed by atoms with Gasteiger partial charge in [0.2, 0.25) is 0 Å². The molecule has 0 saturated heterocycles. The topological polar surface area (TPSA) is 66.6 Å². The van der Waals surface area contributed by atoms with Crippen LogP contribution < -0.4 is 4.90 Å². The van der Waals surface area contributed by atoms with Gasteiger partial charge in [0.05, 0.1) is 6.20 Å². The van der Waals surface area contributed by atoms with E-state index in [1.165, 1.54) is 17.2 Å². The van der Waals surface area contributed by atoms with Crippen molar-refractivity contribution in [1.29, 1.82) is 0 Å². The van der Waals surface area contributed by atoms with Gasteiger partial charge in [0, 0.05) is 18.8 Å². The van der Waals surface area contributed by atoms with Gasteiger partial charge in [0.15, 0.2) is 0 Å². The van der Waals surface area contributed by atoms with E-state index in [1.807, 2.05) is 0 Å². The summed E-state index contributed by atoms with van der Waals surface area (Å²) in [6.07, 6.45) is 1.39. The van der Waals surface area contributed by atoms with Gasteiger partial charge in [-0.25, -0.2) is 0 Å². The van der Waals surface area contributed by atoms with Crippen molar-refractivity contribution in [3.8, 4) is 5.75 Å². The zero-order valence-corrected chi connectivity index (χ0v) is 9.54. The van der Waals surface area contributed by atoms with E-state index in [2.05, 4.69) is 5.16 Å². The maximum Gasteiger partial charge on any atom is 0.263 e. The molecule has 1 aromatic heterocycles. The Kier molecular flexibility index (Phi) is 2.82. The smallest absolute Gasteiger partial charge is 0.263 e. The summed E-state index contributed by atoms with van der Waals surface area (Å²) in [7, 11) is 1.63. The Bertz CT molecular complexity index is 548. The molecular weight excluding hydrogens is 220 g/mol. The molecule has 0 fully saturated rings. The molecule has 0 unspecified atom stereocenters. The van der Waals surface area contributed by atoms with E-state index in [0.717, 1.165) is 0 Å². The number of phenolic OH excluding ortho intramolecular Hbond substituents is 1. The van der Waals surface area contributed by atoms with Gasteiger partial charge in [-0.05, 0) is 19.1 Å². The summed E-state index contributed by atoms with van der Waals surface area (Å²) in [5.41, 5.74) is 1.02. The van der Waals surface area contributed by atoms with Crippen molar-refractivity contribution in [1.82, 2.24) is 5.16 Å². The number of hydrogen-bond donors (Lipinski definition) is 1. The van der Waals surface area contributed by atoms with Gasteiger partial charge in [-0.1, -0.05) is 11.2 Å². The molecule has 1 amide bonds. The first-order valence-electron chi connectivity index (χ1n) is 5.08. The fraction of sp³-hybridized carbons (Fsp3) is 0.167. The van der Waals surface area contributed by atoms with Crippen LogP contribution >= 0.6 is 0 Å². The summed E-state index contributed by atoms with van der Waals surface area (Å²) in [6, 6.07) is 6.47. The predicted molar refractivity (Wildman–Crippen MR) is 62.1 cm³/mol. The number of aryl methyl sites for hydroxylation is 1. The van der Waals surface area contributed by atoms with Crippen LogP contribution in [0.2, 0.25) is 0 Å². The average molecular weight is 232 g/mol. The van der Waals surface area contributed by atoms with Crippen LogP contribution in [0.3, 0.4) is 0 Å². The van der Waals surface area contributed by atoms with E-state index in [-0.39, 0.29) is 11.7 Å². The molecule has 0 aliphatic carbocycles. The Hall–Kier alpha value is -2.30. The lowest BCUT2D eigenvalue weighted by molar-refractivity contribution is 0.0991. The molecule has 0 atom stereocenters. The van der Waals surface area contributed by atoms with Crippen LogP contribution in [0.15, 0.2) is 35.0 Å². The summed E-state index contributed by atoms with van der Waals surface area (Å²) in [5, 5.41) is 12.9. The quantitative estimate of drug-likeness (QED) is 0.859. The molecule has 0 aliphatic heterocycles. The Labute approximate surface area is 98.3 Å². The lowest BCUT2D eigenvalue weighted by Gasteiger charge is -2.16. The summed E-state index contributed by atoms with van der Waals surface area (Å²) in [6.45, 7) is 1.68. The van der Waals surface area contributed by atoms with Crippen LogP contribution in [0, 0.1) is 6.92 Å². The van der Waals surface area contributed by atoms with Crippen LogP contribution in [-0.4, -0.2) is 23.2 Å². The number of aromatic hydroxyl groups is 1. The van der Waals surface area contributed by atoms with Gasteiger partial charge < -0.3 is 14.5 Å². The fourth-order valence-corrected chi connectivity index (χ4v) is 1.50. The number of nitrogens with zero attached hydrogens (tertiary/aromatic N) is 2. The molecule has 17 heavy (non-hydrogen) atoms. The van der Waals surface area contributed by atoms with Crippen molar-refractivity contribution in [2.75, 3.05) is 11.9 Å². The number of aromatic nitrogens is 1. The average Bonchev–Trinajstić information content (AvgIpc) is 2.73. The van der Waals surface area contributed by atoms with Gasteiger partial charge in [0.1, 0.15) is 17.1 Å². The minimum atomic E-state index is -0.227. The molecule has 1 aromatic carbocycles. The first-order chi connectivity index (χ1) is 8.09. The first kappa shape index (κ1) is 11.2. The largest absolute Gasteiger partial charge is 0.508 e. The van der Waals surface area contributed by atoms with Crippen LogP contribution in [0.4, 0.5) is 5.69 Å². The Morgan fingerprint density at radius 2 is 2.24 bits per heavy atom. The van der Waals surface area contributed by atoms with Crippen molar-refractivity contribution < 1.29 is 14.4 Å². The summed E-state index contributed by atoms with van der Waals surface area (Å²) in [5.74, 6) is 0.362. The molecule has 0 saturated carbocycles. The molecule has 88 valence electrons. The number of amides is 1. The SMILES string of the molecule is Cc1oncc1C(=O)N(C)c1cccc(O)c1. The maximum absolute atomic E-state index is 12.1. The Morgan fingerprint density at radius 3 is 2.82 bits per heavy atom. The third kappa shape index (κ3) is 2.13. The number of benzene rings is 1. The summed E-state index contributed by atoms with van der Waals surface area (Å²) in [4.78, 5) is 13.5. The van der Waals surface area contributed by atoms with Crippen molar-refractivity contribution in [2.24, 2.45) is 0 Å². The second-order valence-corrected chi connectivity index (χ2v) is 3.68. The number of carbonyl (C=O) groups excluding carboxylic acids is 1. The molecule has 5 heteroatoms. The standard InChI is InChI=1S/C12H12N2O3/c1-8-11(7-13-17-8)12(16)14(2)9-4-3-5-10(15)6-9/h3-7,15H,1-2H3. The first-order valence-corrected chi connectivity index (χ1v) is 5.08. The predicted octanol–water partition coefficient (Wildman–Crippen LogP) is 1.97. The van der Waals surface area contributed by atoms with Crippen molar-refractivity contribution in [3.05, 3.63) is 41.8 Å². The maximum atomic E-state index is 12.1. The normalized spacial score (nSPS) is 10.2. The second-order valence-electron chi connectivity index (χ2n) is 3.68. The molecule has 0 radical (unpaired) electrons. The number of phenols is 1. The third-order valence-electron chi connectivity index (χ3n) is 2.50. The molecule has 2 rings (SSSR count). The van der Waals surface area contributed by atoms with Crippen LogP contribution in [0.5, 0.6) is 5.75 Å². The number of anilines is 1. The van der Waals surface area contributed by atoms with Gasteiger partial charge in [-0.3, -0.25) is 4.79 Å². The number of rotatable bonds is 2. The molecular formula is C12H12N2O3. The molecule has 0 bridgehead atoms. The highest BCUT2D eigenvalue weighted by Gasteiger charge is 2.18. The Morgan fingerprint density at radius 1 is 1.47 bits per heavy atom. The van der Waals surface area contributed by atoms with E-state index in [4.69, 9.17) is 4.52 Å². The van der Waals surface area contributed by atoms with Crippen molar-refractivity contribution in [3.63, 3.8) is 0 Å². The van der Waals surface area contributed by atoms with Crippen LogP contribution in [0.1, 0.15) is 16.1 Å². The second kappa shape index (κ2) is 4.29. The molecule has 0 aliphatic rings. The monoisotopic (exact) mass is 232 g/mol. The van der Waals surface area contributed by atoms with Gasteiger partial charge >= 0.3 is 0 Å². The highest BCUT2D eigenvalue weighted by molar-refractivity contribution is 6.06. The van der Waals surface area contributed by atoms with Crippen LogP contribution in [0.25, 0.3) is 0 Å². The molecule has 5 nitrogen and oxygen atoms in total. The van der Waals surface area contributed by atoms with Crippen molar-refractivity contribution in [2.45, 2.75) is 6.92 Å². The molecule has 2 aromatic rings. The Balaban J connectivity index is 2.30. The van der Waals surface area contributed by atoms with Crippen molar-refractivity contribution >= 4 is 11.6 Å². The summed E-state index contributed by atoms with van der Waals surface area (Å²) < 4.78 is 4.85. The number of hydrogen-bond acceptors (Lipinski definition) is 4. The zero-order chi connectivity index (χ0) is 12.4. The third-order valence-corrected chi connectivity index (χ3v) is 2.50. The van der Waals surface area contributed by atoms with E-state index in [1.54, 1.807) is 32.2 Å². The van der Waals surface area contributed by atoms with E-state index in [9.17, 15) is 9.90 Å². The lowest BCUT2D eigenvalue weighted by Crippen LogP contribution is -2.26. The minimum Gasteiger partial charge on any atom is -0.508 e. The highest BCUT2D eigenvalue weighted by atomic mass is 16.5. The van der Waals surface area contributed by atoms with Crippen LogP contribution in [-0.2, 0) is 0 Å². The van der Waals surface area contributed by atoms with E-state index < -0.39 is 0 Å². The minimum absolute atomic E-state index is 0.115. The van der Waals surface area contributed by atoms with Gasteiger partial charge in [0.25, 0.3) is 5.91 Å². The molecule has 0 spiro atoms. The van der Waals surface area contributed by atoms with E-state index >= 15 is 0 Å². The van der Waals surface area contributed by atoms with Gasteiger partial charge in [-0.2, -0.15) is 0 Å². The van der Waals surface area contributed by atoms with E-state index in [0.29, 0.717) is 17.0 Å². The molecule has 1 N–H and O–H groups in total. The molecule has 1 heterocycles. The lowest BCUT2D eigenvalue weighted by atomic mass is 10.2. The number of carbonyl (C=O) groups is 1.